The minimum Gasteiger partial charge on any atom is -0.459 e. The van der Waals surface area contributed by atoms with Crippen LogP contribution in [0.3, 0.4) is 0 Å². The SMILES string of the molecule is CC(=O)OC(C)/C=C\C#N. The van der Waals surface area contributed by atoms with Gasteiger partial charge in [0.05, 0.1) is 6.07 Å². The van der Waals surface area contributed by atoms with Crippen LogP contribution in [0.15, 0.2) is 12.2 Å². The van der Waals surface area contributed by atoms with E-state index in [1.54, 1.807) is 13.0 Å². The fraction of sp³-hybridized carbons (Fsp3) is 0.429. The van der Waals surface area contributed by atoms with E-state index in [-0.39, 0.29) is 12.1 Å². The molecule has 0 fully saturated rings. The van der Waals surface area contributed by atoms with Gasteiger partial charge in [0.25, 0.3) is 0 Å². The zero-order valence-electron chi connectivity index (χ0n) is 6.00. The van der Waals surface area contributed by atoms with E-state index in [9.17, 15) is 4.79 Å². The average Bonchev–Trinajstić information content (AvgIpc) is 1.82. The number of esters is 1. The van der Waals surface area contributed by atoms with E-state index < -0.39 is 0 Å². The van der Waals surface area contributed by atoms with Crippen molar-refractivity contribution in [2.75, 3.05) is 0 Å². The number of nitriles is 1. The second-order valence-corrected chi connectivity index (χ2v) is 1.80. The molecule has 0 aromatic heterocycles. The minimum absolute atomic E-state index is 0.308. The number of allylic oxidation sites excluding steroid dienone is 1. The quantitative estimate of drug-likeness (QED) is 0.424. The van der Waals surface area contributed by atoms with Gasteiger partial charge in [-0.1, -0.05) is 0 Å². The maximum Gasteiger partial charge on any atom is 0.303 e. The highest BCUT2D eigenvalue weighted by Crippen LogP contribution is 1.91. The molecule has 0 aliphatic rings. The zero-order chi connectivity index (χ0) is 7.98. The molecular weight excluding hydrogens is 130 g/mol. The Bertz CT molecular complexity index is 179. The average molecular weight is 139 g/mol. The molecule has 1 atom stereocenters. The van der Waals surface area contributed by atoms with E-state index in [0.29, 0.717) is 0 Å². The monoisotopic (exact) mass is 139 g/mol. The fourth-order valence-electron chi connectivity index (χ4n) is 0.480. The van der Waals surface area contributed by atoms with Gasteiger partial charge in [-0.05, 0) is 13.0 Å². The highest BCUT2D eigenvalue weighted by Gasteiger charge is 1.97. The molecule has 0 bridgehead atoms. The van der Waals surface area contributed by atoms with Crippen LogP contribution >= 0.6 is 0 Å². The molecule has 1 unspecified atom stereocenters. The molecule has 0 aromatic carbocycles. The normalized spacial score (nSPS) is 12.5. The third kappa shape index (κ3) is 4.85. The summed E-state index contributed by atoms with van der Waals surface area (Å²) in [6.07, 6.45) is 2.49. The van der Waals surface area contributed by atoms with E-state index in [2.05, 4.69) is 4.74 Å². The van der Waals surface area contributed by atoms with E-state index in [1.807, 2.05) is 0 Å². The number of ether oxygens (including phenoxy) is 1. The molecule has 0 aliphatic carbocycles. The lowest BCUT2D eigenvalue weighted by atomic mass is 10.3. The maximum absolute atomic E-state index is 10.3. The van der Waals surface area contributed by atoms with Crippen molar-refractivity contribution in [2.45, 2.75) is 20.0 Å². The second-order valence-electron chi connectivity index (χ2n) is 1.80. The Kier molecular flexibility index (Phi) is 3.97. The van der Waals surface area contributed by atoms with Crippen LogP contribution in [0.2, 0.25) is 0 Å². The fourth-order valence-corrected chi connectivity index (χ4v) is 0.480. The van der Waals surface area contributed by atoms with Crippen LogP contribution in [0.1, 0.15) is 13.8 Å². The molecule has 10 heavy (non-hydrogen) atoms. The van der Waals surface area contributed by atoms with Gasteiger partial charge in [-0.25, -0.2) is 0 Å². The molecule has 0 rings (SSSR count). The topological polar surface area (TPSA) is 50.1 Å². The van der Waals surface area contributed by atoms with Crippen molar-refractivity contribution in [2.24, 2.45) is 0 Å². The van der Waals surface area contributed by atoms with Crippen LogP contribution in [0.25, 0.3) is 0 Å². The van der Waals surface area contributed by atoms with E-state index >= 15 is 0 Å². The predicted molar refractivity (Wildman–Crippen MR) is 36.0 cm³/mol. The Labute approximate surface area is 59.9 Å². The van der Waals surface area contributed by atoms with Crippen LogP contribution in [-0.4, -0.2) is 12.1 Å². The first-order valence-electron chi connectivity index (χ1n) is 2.90. The van der Waals surface area contributed by atoms with Gasteiger partial charge in [0.1, 0.15) is 6.10 Å². The van der Waals surface area contributed by atoms with Gasteiger partial charge in [-0.2, -0.15) is 5.26 Å². The Morgan fingerprint density at radius 2 is 2.40 bits per heavy atom. The van der Waals surface area contributed by atoms with Crippen LogP contribution in [0.4, 0.5) is 0 Å². The molecule has 0 saturated heterocycles. The Hall–Kier alpha value is -1.30. The molecule has 0 saturated carbocycles. The number of nitrogens with zero attached hydrogens (tertiary/aromatic N) is 1. The number of rotatable bonds is 2. The van der Waals surface area contributed by atoms with Crippen molar-refractivity contribution in [1.29, 1.82) is 5.26 Å². The summed E-state index contributed by atoms with van der Waals surface area (Å²) in [5.74, 6) is -0.338. The number of hydrogen-bond donors (Lipinski definition) is 0. The highest BCUT2D eigenvalue weighted by atomic mass is 16.5. The van der Waals surface area contributed by atoms with E-state index in [1.165, 1.54) is 19.1 Å². The second kappa shape index (κ2) is 4.57. The lowest BCUT2D eigenvalue weighted by Gasteiger charge is -2.03. The van der Waals surface area contributed by atoms with Gasteiger partial charge in [-0.15, -0.1) is 0 Å². The van der Waals surface area contributed by atoms with Crippen LogP contribution in [0.5, 0.6) is 0 Å². The van der Waals surface area contributed by atoms with Crippen molar-refractivity contribution < 1.29 is 9.53 Å². The molecule has 0 heterocycles. The van der Waals surface area contributed by atoms with Gasteiger partial charge in [0.2, 0.25) is 0 Å². The maximum atomic E-state index is 10.3. The third-order valence-electron chi connectivity index (χ3n) is 0.794. The standard InChI is InChI=1S/C7H9NO2/c1-6(4-3-5-8)10-7(2)9/h3-4,6H,1-2H3/b4-3-. The summed E-state index contributed by atoms with van der Waals surface area (Å²) in [7, 11) is 0. The Balaban J connectivity index is 3.66. The molecule has 0 aromatic rings. The molecule has 0 N–H and O–H groups in total. The number of carbonyl (C=O) groups is 1. The van der Waals surface area contributed by atoms with Crippen molar-refractivity contribution in [1.82, 2.24) is 0 Å². The van der Waals surface area contributed by atoms with E-state index in [0.717, 1.165) is 0 Å². The lowest BCUT2D eigenvalue weighted by Crippen LogP contribution is -2.08. The first kappa shape index (κ1) is 8.70. The van der Waals surface area contributed by atoms with Crippen molar-refractivity contribution >= 4 is 5.97 Å². The smallest absolute Gasteiger partial charge is 0.303 e. The molecule has 3 nitrogen and oxygen atoms in total. The van der Waals surface area contributed by atoms with Crippen LogP contribution < -0.4 is 0 Å². The van der Waals surface area contributed by atoms with Crippen molar-refractivity contribution in [3.05, 3.63) is 12.2 Å². The van der Waals surface area contributed by atoms with Gasteiger partial charge in [0.15, 0.2) is 0 Å². The Morgan fingerprint density at radius 3 is 2.80 bits per heavy atom. The predicted octanol–water partition coefficient (Wildman–Crippen LogP) is 1.02. The van der Waals surface area contributed by atoms with E-state index in [4.69, 9.17) is 5.26 Å². The first-order chi connectivity index (χ1) is 4.66. The van der Waals surface area contributed by atoms with Crippen molar-refractivity contribution in [3.63, 3.8) is 0 Å². The summed E-state index contributed by atoms with van der Waals surface area (Å²) in [5.41, 5.74) is 0. The summed E-state index contributed by atoms with van der Waals surface area (Å²) in [6.45, 7) is 3.02. The molecule has 0 radical (unpaired) electrons. The highest BCUT2D eigenvalue weighted by molar-refractivity contribution is 5.66. The largest absolute Gasteiger partial charge is 0.459 e. The lowest BCUT2D eigenvalue weighted by molar-refractivity contribution is -0.143. The summed E-state index contributed by atoms with van der Waals surface area (Å²) >= 11 is 0. The van der Waals surface area contributed by atoms with Gasteiger partial charge < -0.3 is 4.74 Å². The van der Waals surface area contributed by atoms with Crippen LogP contribution in [0, 0.1) is 11.3 Å². The summed E-state index contributed by atoms with van der Waals surface area (Å²) in [6, 6.07) is 1.80. The van der Waals surface area contributed by atoms with Crippen molar-refractivity contribution in [3.8, 4) is 6.07 Å². The first-order valence-corrected chi connectivity index (χ1v) is 2.90. The molecular formula is C7H9NO2. The van der Waals surface area contributed by atoms with Crippen LogP contribution in [-0.2, 0) is 9.53 Å². The number of hydrogen-bond acceptors (Lipinski definition) is 3. The number of carbonyl (C=O) groups excluding carboxylic acids is 1. The molecule has 3 heteroatoms. The molecule has 54 valence electrons. The summed E-state index contributed by atoms with van der Waals surface area (Å²) in [5, 5.41) is 8.07. The molecule has 0 aliphatic heterocycles. The van der Waals surface area contributed by atoms with Gasteiger partial charge in [0, 0.05) is 13.0 Å². The zero-order valence-corrected chi connectivity index (χ0v) is 6.00. The third-order valence-corrected chi connectivity index (χ3v) is 0.794. The minimum atomic E-state index is -0.338. The molecule has 0 spiro atoms. The summed E-state index contributed by atoms with van der Waals surface area (Å²) < 4.78 is 4.68. The Morgan fingerprint density at radius 1 is 1.80 bits per heavy atom. The summed E-state index contributed by atoms with van der Waals surface area (Å²) in [4.78, 5) is 10.3. The van der Waals surface area contributed by atoms with Gasteiger partial charge in [-0.3, -0.25) is 4.79 Å². The van der Waals surface area contributed by atoms with Gasteiger partial charge >= 0.3 is 5.97 Å². The molecule has 0 amide bonds.